The highest BCUT2D eigenvalue weighted by Gasteiger charge is 2.34. The SMILES string of the molecule is COc1cc2c(c(OC)c1OC)-c1ccc3c(c1COC2)CN(S(=O)(=O)c1ccc(C)cc1)C3. The number of ether oxygens (including phenoxy) is 4. The predicted molar refractivity (Wildman–Crippen MR) is 128 cm³/mol. The Hall–Kier alpha value is -3.07. The van der Waals surface area contributed by atoms with Gasteiger partial charge in [0.1, 0.15) is 0 Å². The van der Waals surface area contributed by atoms with Gasteiger partial charge < -0.3 is 18.9 Å². The topological polar surface area (TPSA) is 74.3 Å². The van der Waals surface area contributed by atoms with Crippen molar-refractivity contribution in [2.45, 2.75) is 38.1 Å². The summed E-state index contributed by atoms with van der Waals surface area (Å²) in [5.74, 6) is 1.66. The number of fused-ring (bicyclic) bond motifs is 5. The van der Waals surface area contributed by atoms with E-state index in [0.717, 1.165) is 38.9 Å². The van der Waals surface area contributed by atoms with Gasteiger partial charge in [-0.3, -0.25) is 0 Å². The lowest BCUT2D eigenvalue weighted by Crippen LogP contribution is -2.25. The number of methoxy groups -OCH3 is 3. The molecule has 178 valence electrons. The van der Waals surface area contributed by atoms with Gasteiger partial charge >= 0.3 is 0 Å². The predicted octanol–water partition coefficient (Wildman–Crippen LogP) is 4.42. The Balaban J connectivity index is 1.61. The fraction of sp³-hybridized carbons (Fsp3) is 0.308. The van der Waals surface area contributed by atoms with Crippen LogP contribution in [0.2, 0.25) is 0 Å². The number of nitrogens with zero attached hydrogens (tertiary/aromatic N) is 1. The van der Waals surface area contributed by atoms with Gasteiger partial charge in [-0.1, -0.05) is 29.8 Å². The maximum Gasteiger partial charge on any atom is 0.243 e. The molecule has 0 aliphatic carbocycles. The lowest BCUT2D eigenvalue weighted by molar-refractivity contribution is 0.109. The Kier molecular flexibility index (Phi) is 5.75. The molecular weight excluding hydrogens is 454 g/mol. The van der Waals surface area contributed by atoms with Gasteiger partial charge in [-0.25, -0.2) is 8.42 Å². The lowest BCUT2D eigenvalue weighted by Gasteiger charge is -2.20. The molecule has 0 aromatic heterocycles. The zero-order valence-corrected chi connectivity index (χ0v) is 20.5. The van der Waals surface area contributed by atoms with Crippen LogP contribution in [0.1, 0.15) is 27.8 Å². The van der Waals surface area contributed by atoms with Gasteiger partial charge in [-0.05, 0) is 52.9 Å². The maximum atomic E-state index is 13.3. The highest BCUT2D eigenvalue weighted by atomic mass is 32.2. The minimum absolute atomic E-state index is 0.295. The van der Waals surface area contributed by atoms with E-state index in [-0.39, 0.29) is 0 Å². The summed E-state index contributed by atoms with van der Waals surface area (Å²) >= 11 is 0. The average molecular weight is 482 g/mol. The van der Waals surface area contributed by atoms with Gasteiger partial charge in [0.15, 0.2) is 11.5 Å². The molecule has 0 bridgehead atoms. The molecule has 8 heteroatoms. The first kappa shape index (κ1) is 22.7. The molecule has 3 aromatic rings. The first-order valence-corrected chi connectivity index (χ1v) is 12.4. The van der Waals surface area contributed by atoms with Crippen LogP contribution in [0.3, 0.4) is 0 Å². The Labute approximate surface area is 199 Å². The second kappa shape index (κ2) is 8.61. The first-order chi connectivity index (χ1) is 16.4. The monoisotopic (exact) mass is 481 g/mol. The van der Waals surface area contributed by atoms with Crippen LogP contribution in [0.15, 0.2) is 47.4 Å². The summed E-state index contributed by atoms with van der Waals surface area (Å²) in [6.45, 7) is 3.31. The fourth-order valence-electron chi connectivity index (χ4n) is 4.82. The number of hydrogen-bond donors (Lipinski definition) is 0. The molecule has 2 aliphatic heterocycles. The normalized spacial score (nSPS) is 15.2. The number of rotatable bonds is 5. The Morgan fingerprint density at radius 2 is 1.56 bits per heavy atom. The molecule has 0 radical (unpaired) electrons. The molecule has 2 heterocycles. The summed E-state index contributed by atoms with van der Waals surface area (Å²) in [7, 11) is 1.15. The van der Waals surface area contributed by atoms with Crippen LogP contribution >= 0.6 is 0 Å². The highest BCUT2D eigenvalue weighted by molar-refractivity contribution is 7.89. The molecule has 0 atom stereocenters. The van der Waals surface area contributed by atoms with Gasteiger partial charge in [-0.15, -0.1) is 0 Å². The number of benzene rings is 3. The van der Waals surface area contributed by atoms with E-state index in [4.69, 9.17) is 18.9 Å². The Morgan fingerprint density at radius 3 is 2.24 bits per heavy atom. The summed E-state index contributed by atoms with van der Waals surface area (Å²) in [4.78, 5) is 0.303. The summed E-state index contributed by atoms with van der Waals surface area (Å²) in [5, 5.41) is 0. The zero-order valence-electron chi connectivity index (χ0n) is 19.7. The third kappa shape index (κ3) is 3.53. The van der Waals surface area contributed by atoms with Crippen molar-refractivity contribution in [1.29, 1.82) is 0 Å². The van der Waals surface area contributed by atoms with Crippen molar-refractivity contribution in [2.75, 3.05) is 21.3 Å². The average Bonchev–Trinajstić information content (AvgIpc) is 3.20. The molecule has 0 amide bonds. The van der Waals surface area contributed by atoms with Crippen molar-refractivity contribution >= 4 is 10.0 Å². The minimum Gasteiger partial charge on any atom is -0.493 e. The Bertz CT molecular complexity index is 1370. The second-order valence-corrected chi connectivity index (χ2v) is 10.4. The van der Waals surface area contributed by atoms with E-state index >= 15 is 0 Å². The van der Waals surface area contributed by atoms with Crippen LogP contribution in [0.4, 0.5) is 0 Å². The van der Waals surface area contributed by atoms with Crippen LogP contribution in [-0.2, 0) is 41.1 Å². The van der Waals surface area contributed by atoms with E-state index in [9.17, 15) is 8.42 Å². The standard InChI is InChI=1S/C26H27NO6S/c1-16-5-8-19(9-6-16)34(28,29)27-12-17-7-10-20-22(21(17)13-27)15-33-14-18-11-23(30-2)25(31-3)26(32-4)24(18)20/h5-11H,12-15H2,1-4H3. The molecule has 0 saturated carbocycles. The van der Waals surface area contributed by atoms with Crippen LogP contribution in [0, 0.1) is 6.92 Å². The lowest BCUT2D eigenvalue weighted by atomic mass is 9.90. The van der Waals surface area contributed by atoms with E-state index in [1.165, 1.54) is 4.31 Å². The van der Waals surface area contributed by atoms with E-state index in [1.807, 2.05) is 37.3 Å². The molecule has 5 rings (SSSR count). The van der Waals surface area contributed by atoms with Gasteiger partial charge in [0.25, 0.3) is 0 Å². The van der Waals surface area contributed by atoms with Crippen molar-refractivity contribution in [3.63, 3.8) is 0 Å². The molecule has 0 spiro atoms. The van der Waals surface area contributed by atoms with Crippen LogP contribution in [0.25, 0.3) is 11.1 Å². The third-order valence-electron chi connectivity index (χ3n) is 6.55. The van der Waals surface area contributed by atoms with Gasteiger partial charge in [0.2, 0.25) is 15.8 Å². The quantitative estimate of drug-likeness (QED) is 0.537. The molecule has 0 saturated heterocycles. The van der Waals surface area contributed by atoms with Crippen molar-refractivity contribution in [2.24, 2.45) is 0 Å². The molecular formula is C26H27NO6S. The van der Waals surface area contributed by atoms with Gasteiger partial charge in [0.05, 0.1) is 39.4 Å². The van der Waals surface area contributed by atoms with Crippen molar-refractivity contribution < 1.29 is 27.4 Å². The van der Waals surface area contributed by atoms with Crippen LogP contribution < -0.4 is 14.2 Å². The van der Waals surface area contributed by atoms with E-state index in [0.29, 0.717) is 48.4 Å². The van der Waals surface area contributed by atoms with Crippen molar-refractivity contribution in [3.05, 3.63) is 70.3 Å². The minimum atomic E-state index is -3.62. The van der Waals surface area contributed by atoms with E-state index in [1.54, 1.807) is 33.5 Å². The van der Waals surface area contributed by atoms with Crippen molar-refractivity contribution in [3.8, 4) is 28.4 Å². The summed E-state index contributed by atoms with van der Waals surface area (Å²) in [6.07, 6.45) is 0. The van der Waals surface area contributed by atoms with Crippen molar-refractivity contribution in [1.82, 2.24) is 4.31 Å². The summed E-state index contributed by atoms with van der Waals surface area (Å²) < 4.78 is 51.2. The van der Waals surface area contributed by atoms with Gasteiger partial charge in [0, 0.05) is 18.7 Å². The molecule has 3 aromatic carbocycles. The first-order valence-electron chi connectivity index (χ1n) is 11.0. The third-order valence-corrected chi connectivity index (χ3v) is 8.36. The number of aryl methyl sites for hydroxylation is 1. The van der Waals surface area contributed by atoms with Crippen LogP contribution in [0.5, 0.6) is 17.2 Å². The Morgan fingerprint density at radius 1 is 0.824 bits per heavy atom. The number of hydrogen-bond acceptors (Lipinski definition) is 6. The largest absolute Gasteiger partial charge is 0.493 e. The zero-order chi connectivity index (χ0) is 24.0. The summed E-state index contributed by atoms with van der Waals surface area (Å²) in [5.41, 5.74) is 6.73. The molecule has 0 fully saturated rings. The smallest absolute Gasteiger partial charge is 0.243 e. The number of sulfonamides is 1. The molecule has 2 aliphatic rings. The molecule has 7 nitrogen and oxygen atoms in total. The van der Waals surface area contributed by atoms with E-state index in [2.05, 4.69) is 0 Å². The van der Waals surface area contributed by atoms with Gasteiger partial charge in [-0.2, -0.15) is 4.31 Å². The second-order valence-electron chi connectivity index (χ2n) is 8.49. The molecule has 0 unspecified atom stereocenters. The molecule has 34 heavy (non-hydrogen) atoms. The highest BCUT2D eigenvalue weighted by Crippen LogP contribution is 2.50. The van der Waals surface area contributed by atoms with Crippen LogP contribution in [-0.4, -0.2) is 34.1 Å². The summed E-state index contributed by atoms with van der Waals surface area (Å²) in [6, 6.07) is 12.9. The van der Waals surface area contributed by atoms with E-state index < -0.39 is 10.0 Å². The maximum absolute atomic E-state index is 13.3. The fourth-order valence-corrected chi connectivity index (χ4v) is 6.20. The molecule has 0 N–H and O–H groups in total.